The van der Waals surface area contributed by atoms with E-state index in [2.05, 4.69) is 24.3 Å². The van der Waals surface area contributed by atoms with Crippen LogP contribution in [-0.2, 0) is 9.59 Å². The van der Waals surface area contributed by atoms with Crippen molar-refractivity contribution in [2.45, 2.75) is 51.9 Å². The number of hydrogen-bond donors (Lipinski definition) is 0. The Hall–Kier alpha value is -1.33. The zero-order valence-corrected chi connectivity index (χ0v) is 14.9. The van der Waals surface area contributed by atoms with E-state index in [1.807, 2.05) is 6.08 Å². The summed E-state index contributed by atoms with van der Waals surface area (Å²) >= 11 is 5.67. The molecule has 3 saturated carbocycles. The number of ketones is 2. The Morgan fingerprint density at radius 3 is 2.83 bits per heavy atom. The summed E-state index contributed by atoms with van der Waals surface area (Å²) in [5.41, 5.74) is 0.977. The molecule has 0 aromatic rings. The van der Waals surface area contributed by atoms with Crippen molar-refractivity contribution in [1.82, 2.24) is 0 Å². The fraction of sp³-hybridized carbons (Fsp3) is 0.619. The van der Waals surface area contributed by atoms with Gasteiger partial charge in [-0.25, -0.2) is 0 Å². The van der Waals surface area contributed by atoms with Crippen LogP contribution in [0.2, 0.25) is 0 Å². The number of carbonyl (C=O) groups excluding carboxylic acids is 2. The summed E-state index contributed by atoms with van der Waals surface area (Å²) in [6.45, 7) is 2.19. The number of fused-ring (bicyclic) bond motifs is 5. The lowest BCUT2D eigenvalue weighted by Crippen LogP contribution is -2.50. The Labute approximate surface area is 148 Å². The Kier molecular flexibility index (Phi) is 3.77. The van der Waals surface area contributed by atoms with Gasteiger partial charge in [-0.3, -0.25) is 9.59 Å². The average Bonchev–Trinajstić information content (AvgIpc) is 2.88. The van der Waals surface area contributed by atoms with Gasteiger partial charge in [0.05, 0.1) is 0 Å². The van der Waals surface area contributed by atoms with Crippen molar-refractivity contribution < 1.29 is 9.59 Å². The normalized spacial score (nSPS) is 43.2. The van der Waals surface area contributed by atoms with Crippen LogP contribution in [0, 0.1) is 39.9 Å². The highest BCUT2D eigenvalue weighted by molar-refractivity contribution is 6.30. The molecule has 3 heteroatoms. The van der Waals surface area contributed by atoms with Gasteiger partial charge in [-0.1, -0.05) is 24.5 Å². The summed E-state index contributed by atoms with van der Waals surface area (Å²) in [6.07, 6.45) is 12.2. The van der Waals surface area contributed by atoms with Gasteiger partial charge in [-0.05, 0) is 73.6 Å². The molecule has 0 aliphatic heterocycles. The third-order valence-electron chi connectivity index (χ3n) is 7.46. The second-order valence-electron chi connectivity index (χ2n) is 8.23. The third kappa shape index (κ3) is 2.10. The number of carbonyl (C=O) groups is 2. The quantitative estimate of drug-likeness (QED) is 0.660. The molecule has 24 heavy (non-hydrogen) atoms. The third-order valence-corrected chi connectivity index (χ3v) is 7.60. The number of rotatable bonds is 1. The number of hydrogen-bond acceptors (Lipinski definition) is 2. The van der Waals surface area contributed by atoms with Crippen molar-refractivity contribution in [3.63, 3.8) is 0 Å². The fourth-order valence-electron chi connectivity index (χ4n) is 6.26. The van der Waals surface area contributed by atoms with Crippen LogP contribution >= 0.6 is 11.6 Å². The monoisotopic (exact) mass is 342 g/mol. The maximum absolute atomic E-state index is 12.5. The second kappa shape index (κ2) is 5.60. The molecule has 2 nitrogen and oxygen atoms in total. The van der Waals surface area contributed by atoms with E-state index in [-0.39, 0.29) is 16.6 Å². The molecule has 0 saturated heterocycles. The lowest BCUT2D eigenvalue weighted by molar-refractivity contribution is -0.131. The standard InChI is InChI=1S/C21H23ClO2/c1-20-10-8-18-16(17(20)5-6-19(20)24)4-3-14-13-15(23)7-11-21(14,18)9-2-12-22/h7,11,13,16-18H,3-6,8-10H2,1H3/t16-,17-,18-,20-,21-/m0/s1. The van der Waals surface area contributed by atoms with Crippen molar-refractivity contribution in [3.8, 4) is 11.3 Å². The first kappa shape index (κ1) is 16.2. The number of Topliss-reactive ketones (excluding diaryl/α,β-unsaturated/α-hetero) is 1. The van der Waals surface area contributed by atoms with E-state index in [4.69, 9.17) is 11.6 Å². The first-order valence-corrected chi connectivity index (χ1v) is 9.45. The number of allylic oxidation sites excluding steroid dienone is 4. The number of halogens is 1. The maximum Gasteiger partial charge on any atom is 0.178 e. The van der Waals surface area contributed by atoms with Crippen LogP contribution in [0.5, 0.6) is 0 Å². The highest BCUT2D eigenvalue weighted by atomic mass is 35.5. The molecule has 4 rings (SSSR count). The molecule has 0 unspecified atom stereocenters. The summed E-state index contributed by atoms with van der Waals surface area (Å²) < 4.78 is 0. The van der Waals surface area contributed by atoms with Gasteiger partial charge in [0.2, 0.25) is 0 Å². The minimum absolute atomic E-state index is 0.0922. The molecule has 0 spiro atoms. The van der Waals surface area contributed by atoms with Crippen LogP contribution in [0.1, 0.15) is 51.9 Å². The molecule has 5 atom stereocenters. The minimum Gasteiger partial charge on any atom is -0.299 e. The van der Waals surface area contributed by atoms with Crippen molar-refractivity contribution >= 4 is 23.2 Å². The van der Waals surface area contributed by atoms with Crippen LogP contribution in [0.4, 0.5) is 0 Å². The Morgan fingerprint density at radius 1 is 1.21 bits per heavy atom. The molecule has 0 aromatic carbocycles. The van der Waals surface area contributed by atoms with Crippen LogP contribution in [0.25, 0.3) is 0 Å². The minimum atomic E-state index is -0.147. The molecule has 0 bridgehead atoms. The molecule has 0 amide bonds. The Bertz CT molecular complexity index is 722. The van der Waals surface area contributed by atoms with Crippen LogP contribution in [0.15, 0.2) is 23.8 Å². The first-order valence-electron chi connectivity index (χ1n) is 9.07. The summed E-state index contributed by atoms with van der Waals surface area (Å²) in [6, 6.07) is 0. The van der Waals surface area contributed by atoms with E-state index >= 15 is 0 Å². The molecule has 0 N–H and O–H groups in total. The molecular weight excluding hydrogens is 320 g/mol. The van der Waals surface area contributed by atoms with Crippen LogP contribution in [-0.4, -0.2) is 11.6 Å². The predicted octanol–water partition coefficient (Wildman–Crippen LogP) is 4.43. The van der Waals surface area contributed by atoms with E-state index < -0.39 is 0 Å². The molecule has 4 aliphatic rings. The van der Waals surface area contributed by atoms with Gasteiger partial charge in [0.15, 0.2) is 5.78 Å². The smallest absolute Gasteiger partial charge is 0.178 e. The van der Waals surface area contributed by atoms with E-state index in [0.29, 0.717) is 30.0 Å². The highest BCUT2D eigenvalue weighted by Crippen LogP contribution is 2.64. The van der Waals surface area contributed by atoms with Crippen LogP contribution < -0.4 is 0 Å². The Morgan fingerprint density at radius 2 is 2.04 bits per heavy atom. The van der Waals surface area contributed by atoms with Gasteiger partial charge in [-0.2, -0.15) is 0 Å². The van der Waals surface area contributed by atoms with Gasteiger partial charge in [-0.15, -0.1) is 0 Å². The molecular formula is C21H23ClO2. The van der Waals surface area contributed by atoms with Crippen molar-refractivity contribution in [1.29, 1.82) is 0 Å². The second-order valence-corrected chi connectivity index (χ2v) is 8.42. The lowest BCUT2D eigenvalue weighted by atomic mass is 9.47. The zero-order valence-electron chi connectivity index (χ0n) is 14.1. The SMILES string of the molecule is C[C@]12CC[C@H]3[C@@H](CCC4=CC(=O)C=C[C@@]43CC#CCl)[C@@H]1CCC2=O. The van der Waals surface area contributed by atoms with Crippen molar-refractivity contribution in [3.05, 3.63) is 23.8 Å². The highest BCUT2D eigenvalue weighted by Gasteiger charge is 2.59. The van der Waals surface area contributed by atoms with E-state index in [1.165, 1.54) is 5.57 Å². The van der Waals surface area contributed by atoms with Crippen molar-refractivity contribution in [2.75, 3.05) is 0 Å². The molecule has 3 fully saturated rings. The van der Waals surface area contributed by atoms with E-state index in [9.17, 15) is 9.59 Å². The largest absolute Gasteiger partial charge is 0.299 e. The van der Waals surface area contributed by atoms with E-state index in [0.717, 1.165) is 38.5 Å². The molecule has 0 heterocycles. The molecule has 4 aliphatic carbocycles. The summed E-state index contributed by atoms with van der Waals surface area (Å²) in [4.78, 5) is 24.4. The summed E-state index contributed by atoms with van der Waals surface area (Å²) in [5.74, 6) is 5.17. The van der Waals surface area contributed by atoms with E-state index in [1.54, 1.807) is 6.08 Å². The lowest BCUT2D eigenvalue weighted by Gasteiger charge is -2.56. The summed E-state index contributed by atoms with van der Waals surface area (Å²) in [5, 5.41) is 2.53. The predicted molar refractivity (Wildman–Crippen MR) is 94.2 cm³/mol. The Balaban J connectivity index is 1.75. The zero-order chi connectivity index (χ0) is 16.9. The van der Waals surface area contributed by atoms with Crippen LogP contribution in [0.3, 0.4) is 0 Å². The van der Waals surface area contributed by atoms with Gasteiger partial charge in [0, 0.05) is 29.1 Å². The van der Waals surface area contributed by atoms with Gasteiger partial charge in [0.25, 0.3) is 0 Å². The molecule has 0 radical (unpaired) electrons. The molecule has 126 valence electrons. The average molecular weight is 343 g/mol. The topological polar surface area (TPSA) is 34.1 Å². The van der Waals surface area contributed by atoms with Gasteiger partial charge < -0.3 is 0 Å². The maximum atomic E-state index is 12.5. The summed E-state index contributed by atoms with van der Waals surface area (Å²) in [7, 11) is 0. The van der Waals surface area contributed by atoms with Gasteiger partial charge in [0.1, 0.15) is 5.78 Å². The molecule has 0 aromatic heterocycles. The van der Waals surface area contributed by atoms with Crippen molar-refractivity contribution in [2.24, 2.45) is 28.6 Å². The fourth-order valence-corrected chi connectivity index (χ4v) is 6.33. The van der Waals surface area contributed by atoms with Gasteiger partial charge >= 0.3 is 0 Å². The first-order chi connectivity index (χ1) is 11.5.